The predicted octanol–water partition coefficient (Wildman–Crippen LogP) is 4.53. The second kappa shape index (κ2) is 9.82. The number of rotatable bonds is 5. The number of fused-ring (bicyclic) bond motifs is 1. The monoisotopic (exact) mass is 505 g/mol. The summed E-state index contributed by atoms with van der Waals surface area (Å²) >= 11 is 0. The first-order valence-electron chi connectivity index (χ1n) is 12.3. The van der Waals surface area contributed by atoms with E-state index in [0.717, 1.165) is 28.8 Å². The number of nitrogens with two attached hydrogens (primary N) is 1. The van der Waals surface area contributed by atoms with Gasteiger partial charge in [-0.1, -0.05) is 30.8 Å². The van der Waals surface area contributed by atoms with Crippen molar-refractivity contribution in [2.75, 3.05) is 17.6 Å². The van der Waals surface area contributed by atoms with Crippen molar-refractivity contribution in [3.05, 3.63) is 72.6 Å². The van der Waals surface area contributed by atoms with Gasteiger partial charge in [0.05, 0.1) is 17.1 Å². The molecule has 190 valence electrons. The lowest BCUT2D eigenvalue weighted by Gasteiger charge is -2.19. The van der Waals surface area contributed by atoms with Crippen molar-refractivity contribution < 1.29 is 9.59 Å². The largest absolute Gasteiger partial charge is 0.383 e. The summed E-state index contributed by atoms with van der Waals surface area (Å²) in [6, 6.07) is 16.7. The molecule has 3 N–H and O–H groups in total. The maximum atomic E-state index is 13.1. The van der Waals surface area contributed by atoms with Crippen LogP contribution in [0.4, 0.5) is 11.5 Å². The van der Waals surface area contributed by atoms with Crippen LogP contribution in [0.15, 0.2) is 67.0 Å². The van der Waals surface area contributed by atoms with Crippen LogP contribution in [-0.2, 0) is 11.8 Å². The lowest BCUT2D eigenvalue weighted by molar-refractivity contribution is -0.112. The smallest absolute Gasteiger partial charge is 0.254 e. The fraction of sp³-hybridized carbons (Fsp3) is 0.207. The van der Waals surface area contributed by atoms with Gasteiger partial charge in [-0.25, -0.2) is 9.97 Å². The molecule has 2 aromatic heterocycles. The van der Waals surface area contributed by atoms with Crippen LogP contribution >= 0.6 is 0 Å². The van der Waals surface area contributed by atoms with E-state index in [2.05, 4.69) is 27.9 Å². The van der Waals surface area contributed by atoms with Crippen LogP contribution in [0.3, 0.4) is 0 Å². The van der Waals surface area contributed by atoms with Crippen LogP contribution in [-0.4, -0.2) is 43.8 Å². The van der Waals surface area contributed by atoms with E-state index in [1.807, 2.05) is 48.0 Å². The molecular formula is C29H27N7O2. The number of carbonyl (C=O) groups is 2. The number of nitrogen functional groups attached to an aromatic ring is 1. The Morgan fingerprint density at radius 1 is 1.11 bits per heavy atom. The van der Waals surface area contributed by atoms with Gasteiger partial charge in [0.1, 0.15) is 23.8 Å². The summed E-state index contributed by atoms with van der Waals surface area (Å²) in [5.74, 6) is -0.0315. The Kier molecular flexibility index (Phi) is 6.39. The van der Waals surface area contributed by atoms with Gasteiger partial charge in [-0.15, -0.1) is 0 Å². The molecule has 4 aromatic rings. The first-order chi connectivity index (χ1) is 18.3. The van der Waals surface area contributed by atoms with E-state index >= 15 is 0 Å². The third-order valence-electron chi connectivity index (χ3n) is 6.88. The zero-order valence-electron chi connectivity index (χ0n) is 21.2. The Balaban J connectivity index is 1.58. The molecule has 0 aliphatic carbocycles. The Labute approximate surface area is 220 Å². The van der Waals surface area contributed by atoms with Crippen molar-refractivity contribution in [2.24, 2.45) is 7.05 Å². The third kappa shape index (κ3) is 4.26. The molecule has 0 unspecified atom stereocenters. The van der Waals surface area contributed by atoms with Crippen LogP contribution < -0.4 is 11.1 Å². The minimum Gasteiger partial charge on any atom is -0.383 e. The van der Waals surface area contributed by atoms with E-state index in [9.17, 15) is 14.9 Å². The maximum Gasteiger partial charge on any atom is 0.254 e. The summed E-state index contributed by atoms with van der Waals surface area (Å²) < 4.78 is 1.96. The molecule has 38 heavy (non-hydrogen) atoms. The molecule has 0 radical (unpaired) electrons. The highest BCUT2D eigenvalue weighted by Gasteiger charge is 2.29. The number of anilines is 2. The van der Waals surface area contributed by atoms with Gasteiger partial charge < -0.3 is 20.5 Å². The minimum absolute atomic E-state index is 0.144. The number of nitrogens with one attached hydrogen (secondary N) is 1. The Morgan fingerprint density at radius 3 is 2.45 bits per heavy atom. The Hall–Kier alpha value is -4.97. The van der Waals surface area contributed by atoms with Crippen LogP contribution in [0.25, 0.3) is 33.4 Å². The summed E-state index contributed by atoms with van der Waals surface area (Å²) in [4.78, 5) is 35.4. The molecule has 9 nitrogen and oxygen atoms in total. The molecule has 1 saturated heterocycles. The summed E-state index contributed by atoms with van der Waals surface area (Å²) in [6.07, 6.45) is 2.97. The van der Waals surface area contributed by atoms with E-state index < -0.39 is 0 Å². The van der Waals surface area contributed by atoms with Crippen molar-refractivity contribution in [1.29, 1.82) is 5.26 Å². The van der Waals surface area contributed by atoms with Gasteiger partial charge >= 0.3 is 0 Å². The second-order valence-electron chi connectivity index (χ2n) is 9.41. The molecule has 0 saturated carbocycles. The number of likely N-dealkylation sites (tertiary alicyclic amines) is 1. The van der Waals surface area contributed by atoms with Crippen molar-refractivity contribution >= 4 is 34.4 Å². The summed E-state index contributed by atoms with van der Waals surface area (Å²) in [7, 11) is 1.91. The SMILES string of the molecule is C=C(C)C(=O)Nc1ccc(-c2c(-c3ccc(C(=O)N4CCC[C@@H]4C#N)cc3)c3c(N)ncnc3n2C)cc1. The van der Waals surface area contributed by atoms with Crippen LogP contribution in [0, 0.1) is 11.3 Å². The van der Waals surface area contributed by atoms with Gasteiger partial charge in [0, 0.05) is 36.0 Å². The van der Waals surface area contributed by atoms with E-state index in [4.69, 9.17) is 5.73 Å². The van der Waals surface area contributed by atoms with Gasteiger partial charge in [-0.2, -0.15) is 5.26 Å². The van der Waals surface area contributed by atoms with Crippen LogP contribution in [0.1, 0.15) is 30.1 Å². The average molecular weight is 506 g/mol. The molecular weight excluding hydrogens is 478 g/mol. The van der Waals surface area contributed by atoms with Gasteiger partial charge in [0.2, 0.25) is 0 Å². The Bertz CT molecular complexity index is 1610. The molecule has 2 aromatic carbocycles. The highest BCUT2D eigenvalue weighted by atomic mass is 16.2. The minimum atomic E-state index is -0.382. The number of aryl methyl sites for hydroxylation is 1. The molecule has 0 bridgehead atoms. The van der Waals surface area contributed by atoms with Crippen molar-refractivity contribution in [3.8, 4) is 28.5 Å². The van der Waals surface area contributed by atoms with Crippen molar-refractivity contribution in [2.45, 2.75) is 25.8 Å². The lowest BCUT2D eigenvalue weighted by Crippen LogP contribution is -2.34. The summed E-state index contributed by atoms with van der Waals surface area (Å²) in [5, 5.41) is 12.9. The number of amides is 2. The van der Waals surface area contributed by atoms with Crippen molar-refractivity contribution in [1.82, 2.24) is 19.4 Å². The lowest BCUT2D eigenvalue weighted by atomic mass is 9.97. The molecule has 2 amide bonds. The van der Waals surface area contributed by atoms with E-state index in [1.54, 1.807) is 24.0 Å². The number of nitrogens with zero attached hydrogens (tertiary/aromatic N) is 5. The summed E-state index contributed by atoms with van der Waals surface area (Å²) in [6.45, 7) is 5.92. The highest BCUT2D eigenvalue weighted by Crippen LogP contribution is 2.41. The molecule has 0 spiro atoms. The van der Waals surface area contributed by atoms with Crippen LogP contribution in [0.5, 0.6) is 0 Å². The standard InChI is InChI=1S/C29H27N7O2/c1-17(2)28(37)34-21-12-10-19(11-13-21)25-23(24-26(31)32-16-33-27(24)35(25)3)18-6-8-20(9-7-18)29(38)36-14-4-5-22(36)15-30/h6-13,16,22H,1,4-5,14H2,2-3H3,(H,34,37)(H2,31,32,33)/t22-/m1/s1. The molecule has 3 heterocycles. The number of hydrogen-bond acceptors (Lipinski definition) is 6. The number of aromatic nitrogens is 3. The molecule has 1 atom stereocenters. The van der Waals surface area contributed by atoms with Crippen molar-refractivity contribution in [3.63, 3.8) is 0 Å². The maximum absolute atomic E-state index is 13.1. The first-order valence-corrected chi connectivity index (χ1v) is 12.3. The van der Waals surface area contributed by atoms with Gasteiger partial charge in [-0.05, 0) is 55.2 Å². The quantitative estimate of drug-likeness (QED) is 0.383. The second-order valence-corrected chi connectivity index (χ2v) is 9.41. The zero-order chi connectivity index (χ0) is 27.0. The fourth-order valence-electron chi connectivity index (χ4n) is 4.93. The normalized spacial score (nSPS) is 14.9. The van der Waals surface area contributed by atoms with Gasteiger partial charge in [-0.3, -0.25) is 9.59 Å². The summed E-state index contributed by atoms with van der Waals surface area (Å²) in [5.41, 5.74) is 12.1. The zero-order valence-corrected chi connectivity index (χ0v) is 21.2. The van der Waals surface area contributed by atoms with Crippen LogP contribution in [0.2, 0.25) is 0 Å². The van der Waals surface area contributed by atoms with E-state index in [0.29, 0.717) is 46.6 Å². The molecule has 9 heteroatoms. The van der Waals surface area contributed by atoms with Gasteiger partial charge in [0.25, 0.3) is 11.8 Å². The number of benzene rings is 2. The fourth-order valence-corrected chi connectivity index (χ4v) is 4.93. The number of hydrogen-bond donors (Lipinski definition) is 2. The predicted molar refractivity (Wildman–Crippen MR) is 147 cm³/mol. The highest BCUT2D eigenvalue weighted by molar-refractivity contribution is 6.08. The first kappa shape index (κ1) is 24.7. The topological polar surface area (TPSA) is 130 Å². The molecule has 5 rings (SSSR count). The molecule has 1 fully saturated rings. The van der Waals surface area contributed by atoms with Gasteiger partial charge in [0.15, 0.2) is 0 Å². The molecule has 1 aliphatic rings. The molecule has 1 aliphatic heterocycles. The number of carbonyl (C=O) groups excluding carboxylic acids is 2. The van der Waals surface area contributed by atoms with E-state index in [-0.39, 0.29) is 17.9 Å². The van der Waals surface area contributed by atoms with E-state index in [1.165, 1.54) is 6.33 Å². The Morgan fingerprint density at radius 2 is 1.79 bits per heavy atom. The number of nitriles is 1. The third-order valence-corrected chi connectivity index (χ3v) is 6.88. The average Bonchev–Trinajstić information content (AvgIpc) is 3.52.